The summed E-state index contributed by atoms with van der Waals surface area (Å²) in [4.78, 5) is 51.5. The highest BCUT2D eigenvalue weighted by Gasteiger charge is 2.30. The fraction of sp³-hybridized carbons (Fsp3) is 0.368. The lowest BCUT2D eigenvalue weighted by Crippen LogP contribution is -2.50. The summed E-state index contributed by atoms with van der Waals surface area (Å²) in [7, 11) is 0. The van der Waals surface area contributed by atoms with Crippen molar-refractivity contribution in [1.29, 1.82) is 0 Å². The zero-order valence-corrected chi connectivity index (χ0v) is 27.4. The fourth-order valence-electron chi connectivity index (χ4n) is 6.38. The van der Waals surface area contributed by atoms with Crippen LogP contribution in [0.2, 0.25) is 0 Å². The standard InChI is InChI=1S/C38H44N6O4/c45-35(38(47)40-17-20-43-18-7-25-48-28-43)34(27-29-8-2-1-3-9-29)41-37(46)33-12-6-16-39-36(33)44-23-21-42(22-24-44)19-15-30-13-14-31-10-4-5-11-32(31)26-30/h1-6,8-14,16,26,34H,7,15,17-25,27-28H2,(H,40,47)(H,41,46). The third-order valence-corrected chi connectivity index (χ3v) is 9.11. The molecule has 1 aromatic heterocycles. The molecular weight excluding hydrogens is 604 g/mol. The first kappa shape index (κ1) is 33.3. The Bertz CT molecular complexity index is 1690. The Hall–Kier alpha value is -4.64. The van der Waals surface area contributed by atoms with E-state index in [0.717, 1.165) is 64.3 Å². The van der Waals surface area contributed by atoms with Crippen LogP contribution < -0.4 is 15.5 Å². The number of amides is 2. The van der Waals surface area contributed by atoms with Gasteiger partial charge >= 0.3 is 0 Å². The van der Waals surface area contributed by atoms with Crippen molar-refractivity contribution in [3.63, 3.8) is 0 Å². The lowest BCUT2D eigenvalue weighted by Gasteiger charge is -2.36. The zero-order chi connectivity index (χ0) is 33.1. The largest absolute Gasteiger partial charge is 0.366 e. The molecule has 1 atom stereocenters. The van der Waals surface area contributed by atoms with Gasteiger partial charge in [-0.05, 0) is 46.9 Å². The molecule has 0 bridgehead atoms. The molecule has 2 aliphatic rings. The molecule has 2 amide bonds. The van der Waals surface area contributed by atoms with E-state index in [2.05, 4.69) is 72.8 Å². The predicted octanol–water partition coefficient (Wildman–Crippen LogP) is 3.31. The normalized spacial score (nSPS) is 16.4. The van der Waals surface area contributed by atoms with Crippen molar-refractivity contribution in [2.75, 3.05) is 70.6 Å². The molecule has 10 heteroatoms. The van der Waals surface area contributed by atoms with E-state index in [1.807, 2.05) is 30.3 Å². The number of fused-ring (bicyclic) bond motifs is 1. The van der Waals surface area contributed by atoms with Gasteiger partial charge in [0.15, 0.2) is 0 Å². The van der Waals surface area contributed by atoms with E-state index in [-0.39, 0.29) is 6.42 Å². The number of anilines is 1. The second-order valence-electron chi connectivity index (χ2n) is 12.5. The number of hydrogen-bond acceptors (Lipinski definition) is 8. The summed E-state index contributed by atoms with van der Waals surface area (Å²) in [5, 5.41) is 8.14. The average Bonchev–Trinajstić information content (AvgIpc) is 3.14. The summed E-state index contributed by atoms with van der Waals surface area (Å²) in [5.74, 6) is -1.22. The molecule has 2 aliphatic heterocycles. The number of hydrogen-bond donors (Lipinski definition) is 2. The van der Waals surface area contributed by atoms with E-state index in [0.29, 0.717) is 31.2 Å². The van der Waals surface area contributed by atoms with Crippen LogP contribution in [0.4, 0.5) is 5.82 Å². The molecule has 1 unspecified atom stereocenters. The van der Waals surface area contributed by atoms with Crippen LogP contribution in [0.3, 0.4) is 0 Å². The highest BCUT2D eigenvalue weighted by atomic mass is 16.5. The third-order valence-electron chi connectivity index (χ3n) is 9.11. The number of aromatic nitrogens is 1. The van der Waals surface area contributed by atoms with Crippen molar-refractivity contribution in [2.24, 2.45) is 0 Å². The molecule has 2 N–H and O–H groups in total. The second kappa shape index (κ2) is 16.5. The van der Waals surface area contributed by atoms with Gasteiger partial charge in [0, 0.05) is 71.6 Å². The molecule has 0 saturated carbocycles. The highest BCUT2D eigenvalue weighted by molar-refractivity contribution is 6.38. The van der Waals surface area contributed by atoms with Gasteiger partial charge in [0.1, 0.15) is 11.9 Å². The third kappa shape index (κ3) is 8.83. The van der Waals surface area contributed by atoms with Gasteiger partial charge in [0.2, 0.25) is 5.78 Å². The maximum atomic E-state index is 13.8. The number of benzene rings is 3. The number of nitrogens with one attached hydrogen (secondary N) is 2. The number of Topliss-reactive ketones (excluding diaryl/α,β-unsaturated/α-hetero) is 1. The van der Waals surface area contributed by atoms with Crippen LogP contribution >= 0.6 is 0 Å². The van der Waals surface area contributed by atoms with Crippen LogP contribution in [0, 0.1) is 0 Å². The molecule has 0 radical (unpaired) electrons. The van der Waals surface area contributed by atoms with Crippen LogP contribution in [-0.2, 0) is 27.2 Å². The summed E-state index contributed by atoms with van der Waals surface area (Å²) in [5.41, 5.74) is 2.56. The van der Waals surface area contributed by atoms with Crippen molar-refractivity contribution in [3.05, 3.63) is 108 Å². The van der Waals surface area contributed by atoms with Crippen molar-refractivity contribution < 1.29 is 19.1 Å². The summed E-state index contributed by atoms with van der Waals surface area (Å²) in [6, 6.07) is 26.9. The Balaban J connectivity index is 1.06. The Kier molecular flexibility index (Phi) is 11.4. The van der Waals surface area contributed by atoms with Gasteiger partial charge in [0.05, 0.1) is 12.3 Å². The maximum Gasteiger partial charge on any atom is 0.289 e. The number of rotatable bonds is 13. The molecule has 3 aromatic carbocycles. The monoisotopic (exact) mass is 648 g/mol. The van der Waals surface area contributed by atoms with Crippen LogP contribution in [0.25, 0.3) is 10.8 Å². The van der Waals surface area contributed by atoms with Crippen LogP contribution in [-0.4, -0.2) is 104 Å². The number of carbonyl (C=O) groups is 3. The number of pyridine rings is 1. The van der Waals surface area contributed by atoms with Gasteiger partial charge in [-0.1, -0.05) is 72.8 Å². The minimum Gasteiger partial charge on any atom is -0.366 e. The Morgan fingerprint density at radius 2 is 1.58 bits per heavy atom. The summed E-state index contributed by atoms with van der Waals surface area (Å²) in [6.45, 7) is 7.18. The predicted molar refractivity (Wildman–Crippen MR) is 187 cm³/mol. The first-order chi connectivity index (χ1) is 23.5. The lowest BCUT2D eigenvalue weighted by molar-refractivity contribution is -0.139. The number of nitrogens with zero attached hydrogens (tertiary/aromatic N) is 4. The molecule has 4 aromatic rings. The van der Waals surface area contributed by atoms with E-state index in [9.17, 15) is 14.4 Å². The molecule has 48 heavy (non-hydrogen) atoms. The van der Waals surface area contributed by atoms with Crippen LogP contribution in [0.15, 0.2) is 91.1 Å². The quantitative estimate of drug-likeness (QED) is 0.213. The summed E-state index contributed by atoms with van der Waals surface area (Å²) >= 11 is 0. The zero-order valence-electron chi connectivity index (χ0n) is 27.4. The van der Waals surface area contributed by atoms with Crippen molar-refractivity contribution in [2.45, 2.75) is 25.3 Å². The van der Waals surface area contributed by atoms with E-state index >= 15 is 0 Å². The summed E-state index contributed by atoms with van der Waals surface area (Å²) in [6.07, 6.45) is 3.80. The van der Waals surface area contributed by atoms with Gasteiger partial charge in [-0.2, -0.15) is 0 Å². The minimum atomic E-state index is -1.03. The number of carbonyl (C=O) groups excluding carboxylic acids is 3. The van der Waals surface area contributed by atoms with E-state index in [1.54, 1.807) is 18.3 Å². The van der Waals surface area contributed by atoms with Crippen LogP contribution in [0.1, 0.15) is 27.9 Å². The van der Waals surface area contributed by atoms with E-state index in [4.69, 9.17) is 4.74 Å². The maximum absolute atomic E-state index is 13.8. The van der Waals surface area contributed by atoms with Gasteiger partial charge in [-0.3, -0.25) is 24.2 Å². The fourth-order valence-corrected chi connectivity index (χ4v) is 6.38. The first-order valence-corrected chi connectivity index (χ1v) is 16.9. The Morgan fingerprint density at radius 3 is 2.38 bits per heavy atom. The average molecular weight is 649 g/mol. The molecular formula is C38H44N6O4. The van der Waals surface area contributed by atoms with Crippen molar-refractivity contribution in [3.8, 4) is 0 Å². The second-order valence-corrected chi connectivity index (χ2v) is 12.5. The molecule has 2 saturated heterocycles. The Labute approximate surface area is 282 Å². The molecule has 10 nitrogen and oxygen atoms in total. The van der Waals surface area contributed by atoms with Gasteiger partial charge in [-0.15, -0.1) is 0 Å². The number of piperazine rings is 1. The molecule has 0 aliphatic carbocycles. The number of ketones is 1. The molecule has 250 valence electrons. The molecule has 2 fully saturated rings. The van der Waals surface area contributed by atoms with Crippen LogP contribution in [0.5, 0.6) is 0 Å². The number of ether oxygens (including phenoxy) is 1. The van der Waals surface area contributed by atoms with Crippen molar-refractivity contribution >= 4 is 34.2 Å². The topological polar surface area (TPSA) is 107 Å². The Morgan fingerprint density at radius 1 is 0.792 bits per heavy atom. The van der Waals surface area contributed by atoms with E-state index in [1.165, 1.54) is 16.3 Å². The smallest absolute Gasteiger partial charge is 0.289 e. The molecule has 0 spiro atoms. The first-order valence-electron chi connectivity index (χ1n) is 16.9. The van der Waals surface area contributed by atoms with E-state index < -0.39 is 23.6 Å². The summed E-state index contributed by atoms with van der Waals surface area (Å²) < 4.78 is 5.46. The molecule has 6 rings (SSSR count). The molecule has 3 heterocycles. The highest BCUT2D eigenvalue weighted by Crippen LogP contribution is 2.21. The lowest BCUT2D eigenvalue weighted by atomic mass is 10.0. The van der Waals surface area contributed by atoms with Gasteiger partial charge in [-0.25, -0.2) is 4.98 Å². The SMILES string of the molecule is O=C(NCCN1CCCOC1)C(=O)C(Cc1ccccc1)NC(=O)c1cccnc1N1CCN(CCc2ccc3ccccc3c2)CC1. The van der Waals surface area contributed by atoms with Gasteiger partial charge in [0.25, 0.3) is 11.8 Å². The van der Waals surface area contributed by atoms with Gasteiger partial charge < -0.3 is 20.3 Å². The van der Waals surface area contributed by atoms with Crippen molar-refractivity contribution in [1.82, 2.24) is 25.4 Å². The minimum absolute atomic E-state index is 0.199.